The number of carbonyl (C=O) groups is 1. The molecule has 1 aromatic heterocycles. The number of carbonyl (C=O) groups excluding carboxylic acids is 1. The Morgan fingerprint density at radius 3 is 2.83 bits per heavy atom. The summed E-state index contributed by atoms with van der Waals surface area (Å²) in [4.78, 5) is 19.8. The van der Waals surface area contributed by atoms with Crippen LogP contribution in [0.1, 0.15) is 12.8 Å². The first kappa shape index (κ1) is 14.8. The first-order chi connectivity index (χ1) is 11.7. The van der Waals surface area contributed by atoms with Crippen molar-refractivity contribution in [2.75, 3.05) is 11.9 Å². The van der Waals surface area contributed by atoms with Crippen LogP contribution >= 0.6 is 0 Å². The average Bonchev–Trinajstić information content (AvgIpc) is 3.24. The van der Waals surface area contributed by atoms with Crippen LogP contribution in [-0.2, 0) is 9.53 Å². The molecule has 6 heteroatoms. The smallest absolute Gasteiger partial charge is 0.253 e. The SMILES string of the molecule is O=C(Nc1ccc2nc(-c3ccc(F)cc3)[nH]c2c1)[C@H]1CCCO1. The van der Waals surface area contributed by atoms with Crippen molar-refractivity contribution in [1.82, 2.24) is 9.97 Å². The number of amides is 1. The number of benzene rings is 2. The quantitative estimate of drug-likeness (QED) is 0.774. The van der Waals surface area contributed by atoms with E-state index < -0.39 is 0 Å². The van der Waals surface area contributed by atoms with E-state index in [1.165, 1.54) is 12.1 Å². The highest BCUT2D eigenvalue weighted by molar-refractivity contribution is 5.96. The van der Waals surface area contributed by atoms with Gasteiger partial charge in [0.05, 0.1) is 11.0 Å². The number of aromatic amines is 1. The lowest BCUT2D eigenvalue weighted by molar-refractivity contribution is -0.124. The highest BCUT2D eigenvalue weighted by Crippen LogP contribution is 2.23. The van der Waals surface area contributed by atoms with Crippen molar-refractivity contribution in [3.8, 4) is 11.4 Å². The molecule has 0 spiro atoms. The van der Waals surface area contributed by atoms with Gasteiger partial charge in [0.15, 0.2) is 0 Å². The minimum absolute atomic E-state index is 0.120. The molecule has 2 aromatic carbocycles. The number of aromatic nitrogens is 2. The van der Waals surface area contributed by atoms with Gasteiger partial charge in [-0.25, -0.2) is 9.37 Å². The molecule has 1 amide bonds. The Kier molecular flexibility index (Phi) is 3.74. The monoisotopic (exact) mass is 325 g/mol. The molecule has 5 nitrogen and oxygen atoms in total. The highest BCUT2D eigenvalue weighted by Gasteiger charge is 2.23. The number of rotatable bonds is 3. The van der Waals surface area contributed by atoms with Crippen LogP contribution in [0.2, 0.25) is 0 Å². The Hall–Kier alpha value is -2.73. The van der Waals surface area contributed by atoms with E-state index in [0.29, 0.717) is 18.1 Å². The van der Waals surface area contributed by atoms with Gasteiger partial charge in [-0.05, 0) is 55.3 Å². The van der Waals surface area contributed by atoms with Gasteiger partial charge in [-0.3, -0.25) is 4.79 Å². The fraction of sp³-hybridized carbons (Fsp3) is 0.222. The molecule has 0 unspecified atom stereocenters. The van der Waals surface area contributed by atoms with E-state index in [2.05, 4.69) is 15.3 Å². The van der Waals surface area contributed by atoms with Gasteiger partial charge in [0.1, 0.15) is 17.7 Å². The number of fused-ring (bicyclic) bond motifs is 1. The Balaban J connectivity index is 1.58. The second-order valence-corrected chi connectivity index (χ2v) is 5.82. The fourth-order valence-electron chi connectivity index (χ4n) is 2.84. The summed E-state index contributed by atoms with van der Waals surface area (Å²) in [5.74, 6) is 0.256. The summed E-state index contributed by atoms with van der Waals surface area (Å²) in [5, 5.41) is 2.87. The number of halogens is 1. The predicted octanol–water partition coefficient (Wildman–Crippen LogP) is 3.49. The first-order valence-electron chi connectivity index (χ1n) is 7.87. The molecule has 2 N–H and O–H groups in total. The molecule has 0 bridgehead atoms. The van der Waals surface area contributed by atoms with Gasteiger partial charge in [0.2, 0.25) is 0 Å². The van der Waals surface area contributed by atoms with E-state index >= 15 is 0 Å². The maximum atomic E-state index is 13.0. The number of nitrogens with zero attached hydrogens (tertiary/aromatic N) is 1. The van der Waals surface area contributed by atoms with Gasteiger partial charge in [-0.2, -0.15) is 0 Å². The lowest BCUT2D eigenvalue weighted by Crippen LogP contribution is -2.26. The van der Waals surface area contributed by atoms with Crippen LogP contribution in [0.5, 0.6) is 0 Å². The van der Waals surface area contributed by atoms with Gasteiger partial charge in [0, 0.05) is 17.9 Å². The lowest BCUT2D eigenvalue weighted by Gasteiger charge is -2.10. The molecular formula is C18H16FN3O2. The van der Waals surface area contributed by atoms with Crippen LogP contribution in [0.4, 0.5) is 10.1 Å². The third-order valence-corrected chi connectivity index (χ3v) is 4.09. The molecule has 122 valence electrons. The minimum atomic E-state index is -0.364. The molecule has 0 saturated carbocycles. The molecule has 1 aliphatic rings. The topological polar surface area (TPSA) is 67.0 Å². The summed E-state index contributed by atoms with van der Waals surface area (Å²) < 4.78 is 18.4. The fourth-order valence-corrected chi connectivity index (χ4v) is 2.84. The summed E-state index contributed by atoms with van der Waals surface area (Å²) >= 11 is 0. The molecule has 3 aromatic rings. The van der Waals surface area contributed by atoms with E-state index in [1.807, 2.05) is 18.2 Å². The Bertz CT molecular complexity index is 883. The van der Waals surface area contributed by atoms with E-state index in [4.69, 9.17) is 4.74 Å². The van der Waals surface area contributed by atoms with Crippen molar-refractivity contribution < 1.29 is 13.9 Å². The Morgan fingerprint density at radius 1 is 1.25 bits per heavy atom. The molecule has 1 fully saturated rings. The van der Waals surface area contributed by atoms with Crippen molar-refractivity contribution in [2.45, 2.75) is 18.9 Å². The summed E-state index contributed by atoms with van der Waals surface area (Å²) in [5.41, 5.74) is 3.08. The van der Waals surface area contributed by atoms with Gasteiger partial charge in [-0.1, -0.05) is 0 Å². The molecule has 0 radical (unpaired) electrons. The van der Waals surface area contributed by atoms with Crippen molar-refractivity contribution in [2.24, 2.45) is 0 Å². The normalized spacial score (nSPS) is 17.3. The number of anilines is 1. The van der Waals surface area contributed by atoms with Crippen molar-refractivity contribution in [3.63, 3.8) is 0 Å². The van der Waals surface area contributed by atoms with Gasteiger partial charge in [0.25, 0.3) is 5.91 Å². The standard InChI is InChI=1S/C18H16FN3O2/c19-12-5-3-11(4-6-12)17-21-14-8-7-13(10-15(14)22-17)20-18(23)16-2-1-9-24-16/h3-8,10,16H,1-2,9H2,(H,20,23)(H,21,22)/t16-/m1/s1. The molecule has 0 aliphatic carbocycles. The molecule has 1 aliphatic heterocycles. The van der Waals surface area contributed by atoms with Gasteiger partial charge in [-0.15, -0.1) is 0 Å². The third kappa shape index (κ3) is 2.88. The Labute approximate surface area is 137 Å². The maximum absolute atomic E-state index is 13.0. The number of nitrogens with one attached hydrogen (secondary N) is 2. The van der Waals surface area contributed by atoms with Crippen LogP contribution in [0.3, 0.4) is 0 Å². The van der Waals surface area contributed by atoms with Crippen molar-refractivity contribution in [1.29, 1.82) is 0 Å². The molecule has 24 heavy (non-hydrogen) atoms. The van der Waals surface area contributed by atoms with Gasteiger partial charge >= 0.3 is 0 Å². The molecule has 2 heterocycles. The number of H-pyrrole nitrogens is 1. The van der Waals surface area contributed by atoms with E-state index in [9.17, 15) is 9.18 Å². The highest BCUT2D eigenvalue weighted by atomic mass is 19.1. The zero-order valence-corrected chi connectivity index (χ0v) is 12.9. The first-order valence-corrected chi connectivity index (χ1v) is 7.87. The predicted molar refractivity (Wildman–Crippen MR) is 89.1 cm³/mol. The van der Waals surface area contributed by atoms with Crippen LogP contribution in [0, 0.1) is 5.82 Å². The molecule has 1 saturated heterocycles. The van der Waals surface area contributed by atoms with Crippen LogP contribution < -0.4 is 5.32 Å². The van der Waals surface area contributed by atoms with Crippen molar-refractivity contribution in [3.05, 3.63) is 48.3 Å². The number of imidazole rings is 1. The van der Waals surface area contributed by atoms with Gasteiger partial charge < -0.3 is 15.0 Å². The van der Waals surface area contributed by atoms with Crippen LogP contribution in [0.25, 0.3) is 22.4 Å². The lowest BCUT2D eigenvalue weighted by atomic mass is 10.2. The molecule has 4 rings (SSSR count). The van der Waals surface area contributed by atoms with E-state index in [1.54, 1.807) is 12.1 Å². The van der Waals surface area contributed by atoms with Crippen molar-refractivity contribution >= 4 is 22.6 Å². The van der Waals surface area contributed by atoms with Crippen LogP contribution in [0.15, 0.2) is 42.5 Å². The van der Waals surface area contributed by atoms with Crippen LogP contribution in [-0.4, -0.2) is 28.6 Å². The summed E-state index contributed by atoms with van der Waals surface area (Å²) in [6.45, 7) is 0.638. The minimum Gasteiger partial charge on any atom is -0.368 e. The second kappa shape index (κ2) is 6.05. The number of ether oxygens (including phenoxy) is 1. The largest absolute Gasteiger partial charge is 0.368 e. The average molecular weight is 325 g/mol. The Morgan fingerprint density at radius 2 is 2.08 bits per heavy atom. The third-order valence-electron chi connectivity index (χ3n) is 4.09. The molecule has 1 atom stereocenters. The zero-order chi connectivity index (χ0) is 16.5. The summed E-state index contributed by atoms with van der Waals surface area (Å²) in [6, 6.07) is 11.6. The van der Waals surface area contributed by atoms with E-state index in [0.717, 1.165) is 29.4 Å². The summed E-state index contributed by atoms with van der Waals surface area (Å²) in [7, 11) is 0. The zero-order valence-electron chi connectivity index (χ0n) is 12.9. The molecular weight excluding hydrogens is 309 g/mol. The van der Waals surface area contributed by atoms with E-state index in [-0.39, 0.29) is 17.8 Å². The number of hydrogen-bond acceptors (Lipinski definition) is 3. The maximum Gasteiger partial charge on any atom is 0.253 e. The second-order valence-electron chi connectivity index (χ2n) is 5.82. The summed E-state index contributed by atoms with van der Waals surface area (Å²) in [6.07, 6.45) is 1.31. The number of hydrogen-bond donors (Lipinski definition) is 2.